The van der Waals surface area contributed by atoms with Crippen LogP contribution in [-0.2, 0) is 14.3 Å². The van der Waals surface area contributed by atoms with E-state index in [1.807, 2.05) is 6.08 Å². The van der Waals surface area contributed by atoms with E-state index in [-0.39, 0.29) is 18.5 Å². The van der Waals surface area contributed by atoms with Crippen molar-refractivity contribution in [2.75, 3.05) is 13.2 Å². The number of aliphatic hydroxyl groups is 2. The molecule has 0 fully saturated rings. The van der Waals surface area contributed by atoms with Crippen molar-refractivity contribution >= 4 is 11.9 Å². The SMILES string of the molecule is CCCCCCCCCCCCCCCCCC/C=C/C(O)C(CO)NC(=O)CCCCCCCCCCCC/C=C\C=C/CCCCCOC(=O)CCCCCCCCCCCCCCCCCC. The summed E-state index contributed by atoms with van der Waals surface area (Å²) in [6.07, 6.45) is 74.7. The number of unbranched alkanes of at least 4 members (excludes halogenated alkanes) is 44. The molecule has 0 aliphatic rings. The van der Waals surface area contributed by atoms with Gasteiger partial charge in [0.1, 0.15) is 0 Å². The molecule has 0 aliphatic carbocycles. The Bertz CT molecular complexity index is 1130. The van der Waals surface area contributed by atoms with Crippen molar-refractivity contribution in [2.24, 2.45) is 0 Å². The van der Waals surface area contributed by atoms with Crippen LogP contribution >= 0.6 is 0 Å². The minimum Gasteiger partial charge on any atom is -0.466 e. The summed E-state index contributed by atoms with van der Waals surface area (Å²) in [5, 5.41) is 23.2. The van der Waals surface area contributed by atoms with Crippen molar-refractivity contribution in [1.29, 1.82) is 0 Å². The normalized spacial score (nSPS) is 12.8. The van der Waals surface area contributed by atoms with Gasteiger partial charge < -0.3 is 20.3 Å². The Labute approximate surface area is 436 Å². The molecule has 2 unspecified atom stereocenters. The Kier molecular flexibility index (Phi) is 58.0. The molecular formula is C64H121NO5. The van der Waals surface area contributed by atoms with Gasteiger partial charge in [0.05, 0.1) is 25.4 Å². The first-order chi connectivity index (χ1) is 34.5. The molecule has 0 spiro atoms. The van der Waals surface area contributed by atoms with Crippen molar-refractivity contribution < 1.29 is 24.5 Å². The zero-order valence-corrected chi connectivity index (χ0v) is 47.0. The lowest BCUT2D eigenvalue weighted by Crippen LogP contribution is -2.45. The van der Waals surface area contributed by atoms with Gasteiger partial charge in [0, 0.05) is 12.8 Å². The topological polar surface area (TPSA) is 95.9 Å². The lowest BCUT2D eigenvalue weighted by atomic mass is 10.0. The zero-order valence-electron chi connectivity index (χ0n) is 47.0. The maximum Gasteiger partial charge on any atom is 0.305 e. The molecule has 0 radical (unpaired) electrons. The summed E-state index contributed by atoms with van der Waals surface area (Å²) >= 11 is 0. The predicted octanol–water partition coefficient (Wildman–Crippen LogP) is 19.6. The van der Waals surface area contributed by atoms with Crippen LogP contribution in [0.1, 0.15) is 335 Å². The third-order valence-corrected chi connectivity index (χ3v) is 14.4. The van der Waals surface area contributed by atoms with E-state index < -0.39 is 12.1 Å². The number of amides is 1. The Morgan fingerprint density at radius 1 is 0.400 bits per heavy atom. The number of hydrogen-bond donors (Lipinski definition) is 3. The summed E-state index contributed by atoms with van der Waals surface area (Å²) in [4.78, 5) is 24.5. The van der Waals surface area contributed by atoms with Crippen LogP contribution in [0.3, 0.4) is 0 Å². The van der Waals surface area contributed by atoms with E-state index in [9.17, 15) is 19.8 Å². The summed E-state index contributed by atoms with van der Waals surface area (Å²) in [7, 11) is 0. The van der Waals surface area contributed by atoms with Gasteiger partial charge in [0.2, 0.25) is 5.91 Å². The zero-order chi connectivity index (χ0) is 50.7. The predicted molar refractivity (Wildman–Crippen MR) is 306 cm³/mol. The van der Waals surface area contributed by atoms with Crippen LogP contribution in [0.25, 0.3) is 0 Å². The minimum atomic E-state index is -0.852. The first-order valence-corrected chi connectivity index (χ1v) is 31.3. The summed E-state index contributed by atoms with van der Waals surface area (Å²) in [6, 6.07) is -0.636. The first kappa shape index (κ1) is 68.1. The average molecular weight is 985 g/mol. The highest BCUT2D eigenvalue weighted by Crippen LogP contribution is 2.17. The standard InChI is InChI=1S/C64H121NO5/c1-3-5-7-9-11-13-15-17-19-21-25-28-32-36-40-44-48-52-56-62(67)61(60-66)65-63(68)57-53-49-45-41-37-33-29-26-23-22-24-27-31-35-39-43-47-51-55-59-70-64(69)58-54-50-46-42-38-34-30-20-18-16-14-12-10-8-6-4-2/h27,31,35,39,52,56,61-62,66-67H,3-26,28-30,32-34,36-38,40-51,53-55,57-60H2,1-2H3,(H,65,68)/b31-27-,39-35-,56-52+. The second-order valence-corrected chi connectivity index (χ2v) is 21.4. The quantitative estimate of drug-likeness (QED) is 0.0244. The fourth-order valence-corrected chi connectivity index (χ4v) is 9.63. The molecule has 6 nitrogen and oxygen atoms in total. The van der Waals surface area contributed by atoms with Gasteiger partial charge in [-0.25, -0.2) is 0 Å². The van der Waals surface area contributed by atoms with E-state index in [4.69, 9.17) is 4.74 Å². The highest BCUT2D eigenvalue weighted by molar-refractivity contribution is 5.76. The van der Waals surface area contributed by atoms with Crippen LogP contribution in [0.15, 0.2) is 36.5 Å². The fourth-order valence-electron chi connectivity index (χ4n) is 9.63. The van der Waals surface area contributed by atoms with E-state index in [1.54, 1.807) is 6.08 Å². The van der Waals surface area contributed by atoms with Gasteiger partial charge in [-0.2, -0.15) is 0 Å². The van der Waals surface area contributed by atoms with E-state index in [2.05, 4.69) is 43.5 Å². The van der Waals surface area contributed by atoms with E-state index in [0.717, 1.165) is 77.0 Å². The van der Waals surface area contributed by atoms with E-state index in [1.165, 1.54) is 231 Å². The summed E-state index contributed by atoms with van der Waals surface area (Å²) in [6.45, 7) is 4.89. The molecule has 0 aliphatic heterocycles. The van der Waals surface area contributed by atoms with Gasteiger partial charge in [-0.15, -0.1) is 0 Å². The number of nitrogens with one attached hydrogen (secondary N) is 1. The largest absolute Gasteiger partial charge is 0.466 e. The third-order valence-electron chi connectivity index (χ3n) is 14.4. The van der Waals surface area contributed by atoms with Gasteiger partial charge in [-0.3, -0.25) is 9.59 Å². The van der Waals surface area contributed by atoms with Crippen molar-refractivity contribution in [2.45, 2.75) is 347 Å². The van der Waals surface area contributed by atoms with Crippen LogP contribution < -0.4 is 5.32 Å². The Morgan fingerprint density at radius 2 is 0.700 bits per heavy atom. The van der Waals surface area contributed by atoms with Gasteiger partial charge in [-0.05, 0) is 64.2 Å². The second kappa shape index (κ2) is 59.6. The molecule has 0 bridgehead atoms. The number of carbonyl (C=O) groups excluding carboxylic acids is 2. The Morgan fingerprint density at radius 3 is 1.06 bits per heavy atom. The molecule has 1 amide bonds. The molecule has 0 aromatic carbocycles. The van der Waals surface area contributed by atoms with Crippen LogP contribution in [0.5, 0.6) is 0 Å². The van der Waals surface area contributed by atoms with Crippen molar-refractivity contribution in [3.8, 4) is 0 Å². The van der Waals surface area contributed by atoms with Crippen LogP contribution in [-0.4, -0.2) is 47.4 Å². The minimum absolute atomic E-state index is 0.0105. The Balaban J connectivity index is 3.49. The second-order valence-electron chi connectivity index (χ2n) is 21.4. The molecule has 6 heteroatoms. The van der Waals surface area contributed by atoms with Crippen molar-refractivity contribution in [1.82, 2.24) is 5.32 Å². The molecule has 0 rings (SSSR count). The highest BCUT2D eigenvalue weighted by Gasteiger charge is 2.18. The maximum atomic E-state index is 12.5. The molecule has 70 heavy (non-hydrogen) atoms. The average Bonchev–Trinajstić information content (AvgIpc) is 3.36. The number of esters is 1. The molecule has 3 N–H and O–H groups in total. The molecule has 0 aromatic rings. The van der Waals surface area contributed by atoms with Crippen molar-refractivity contribution in [3.63, 3.8) is 0 Å². The monoisotopic (exact) mass is 984 g/mol. The third kappa shape index (κ3) is 55.4. The lowest BCUT2D eigenvalue weighted by molar-refractivity contribution is -0.143. The van der Waals surface area contributed by atoms with Crippen molar-refractivity contribution in [3.05, 3.63) is 36.5 Å². The fraction of sp³-hybridized carbons (Fsp3) is 0.875. The smallest absolute Gasteiger partial charge is 0.305 e. The molecule has 412 valence electrons. The molecular weight excluding hydrogens is 863 g/mol. The molecule has 0 heterocycles. The molecule has 0 saturated heterocycles. The first-order valence-electron chi connectivity index (χ1n) is 31.3. The Hall–Kier alpha value is -1.92. The number of hydrogen-bond acceptors (Lipinski definition) is 5. The van der Waals surface area contributed by atoms with Gasteiger partial charge >= 0.3 is 5.97 Å². The molecule has 0 saturated carbocycles. The highest BCUT2D eigenvalue weighted by atomic mass is 16.5. The number of aliphatic hydroxyl groups excluding tert-OH is 2. The number of allylic oxidation sites excluding steroid dienone is 5. The number of rotatable bonds is 58. The summed E-state index contributed by atoms with van der Waals surface area (Å²) in [5.74, 6) is -0.0863. The van der Waals surface area contributed by atoms with E-state index in [0.29, 0.717) is 19.4 Å². The molecule has 2 atom stereocenters. The van der Waals surface area contributed by atoms with Crippen LogP contribution in [0.4, 0.5) is 0 Å². The maximum absolute atomic E-state index is 12.5. The van der Waals surface area contributed by atoms with Crippen LogP contribution in [0, 0.1) is 0 Å². The molecule has 0 aromatic heterocycles. The van der Waals surface area contributed by atoms with Crippen LogP contribution in [0.2, 0.25) is 0 Å². The number of ether oxygens (including phenoxy) is 1. The summed E-state index contributed by atoms with van der Waals surface area (Å²) in [5.41, 5.74) is 0. The van der Waals surface area contributed by atoms with Gasteiger partial charge in [0.15, 0.2) is 0 Å². The van der Waals surface area contributed by atoms with Gasteiger partial charge in [-0.1, -0.05) is 294 Å². The van der Waals surface area contributed by atoms with Gasteiger partial charge in [0.25, 0.3) is 0 Å². The number of carbonyl (C=O) groups is 2. The van der Waals surface area contributed by atoms with E-state index >= 15 is 0 Å². The summed E-state index contributed by atoms with van der Waals surface area (Å²) < 4.78 is 5.47. The lowest BCUT2D eigenvalue weighted by Gasteiger charge is -2.20.